The van der Waals surface area contributed by atoms with Gasteiger partial charge in [0.25, 0.3) is 11.8 Å². The van der Waals surface area contributed by atoms with Gasteiger partial charge in [-0.2, -0.15) is 8.78 Å². The number of nitrogens with one attached hydrogen (secondary N) is 2. The standard InChI is InChI=1S/C29H26F4N4O2/c1-15-13-34-14-16(2)24(15)22-11-18(7-10-23(22)39-28(30)31)26-35-17(3)25(37-26)27(38)36-21-6-4-5-20(12-21)29(32,33)19-8-9-19/h4-7,10-14,19,28H,8-9H2,1-3H3,(H,35,37)(H,36,38). The molecule has 0 atom stereocenters. The Bertz CT molecular complexity index is 1530. The molecule has 5 rings (SSSR count). The first kappa shape index (κ1) is 26.4. The SMILES string of the molecule is Cc1cncc(C)c1-c1cc(-c2nc(C(=O)Nc3cccc(C(F)(F)C4CC4)c3)c(C)[nH]2)ccc1OC(F)F. The highest BCUT2D eigenvalue weighted by atomic mass is 19.3. The molecule has 39 heavy (non-hydrogen) atoms. The van der Waals surface area contributed by atoms with Crippen molar-refractivity contribution in [3.8, 4) is 28.3 Å². The van der Waals surface area contributed by atoms with E-state index in [-0.39, 0.29) is 22.7 Å². The summed E-state index contributed by atoms with van der Waals surface area (Å²) in [6.45, 7) is 2.29. The first-order chi connectivity index (χ1) is 18.5. The van der Waals surface area contributed by atoms with Crippen molar-refractivity contribution >= 4 is 11.6 Å². The Labute approximate surface area is 222 Å². The van der Waals surface area contributed by atoms with Gasteiger partial charge < -0.3 is 15.0 Å². The second-order valence-corrected chi connectivity index (χ2v) is 9.73. The normalized spacial score (nSPS) is 13.5. The molecule has 0 saturated heterocycles. The van der Waals surface area contributed by atoms with Gasteiger partial charge in [0, 0.05) is 46.4 Å². The number of alkyl halides is 4. The number of imidazole rings is 1. The Morgan fingerprint density at radius 2 is 1.79 bits per heavy atom. The lowest BCUT2D eigenvalue weighted by molar-refractivity contribution is -0.0494. The number of carbonyl (C=O) groups is 1. The molecule has 1 aliphatic rings. The van der Waals surface area contributed by atoms with Gasteiger partial charge in [0.05, 0.1) is 0 Å². The zero-order valence-corrected chi connectivity index (χ0v) is 21.5. The van der Waals surface area contributed by atoms with Crippen LogP contribution in [0.2, 0.25) is 0 Å². The molecule has 0 bridgehead atoms. The van der Waals surface area contributed by atoms with Crippen molar-refractivity contribution in [2.24, 2.45) is 5.92 Å². The zero-order valence-electron chi connectivity index (χ0n) is 21.5. The van der Waals surface area contributed by atoms with Crippen LogP contribution in [0.15, 0.2) is 54.9 Å². The minimum atomic E-state index is -3.01. The lowest BCUT2D eigenvalue weighted by Crippen LogP contribution is -2.18. The van der Waals surface area contributed by atoms with Crippen molar-refractivity contribution in [3.05, 3.63) is 82.9 Å². The highest BCUT2D eigenvalue weighted by molar-refractivity contribution is 6.04. The van der Waals surface area contributed by atoms with Crippen LogP contribution in [0, 0.1) is 26.7 Å². The fraction of sp³-hybridized carbons (Fsp3) is 0.276. The molecule has 0 radical (unpaired) electrons. The van der Waals surface area contributed by atoms with E-state index in [1.54, 1.807) is 37.5 Å². The maximum Gasteiger partial charge on any atom is 0.387 e. The molecule has 2 aromatic carbocycles. The summed E-state index contributed by atoms with van der Waals surface area (Å²) in [7, 11) is 0. The summed E-state index contributed by atoms with van der Waals surface area (Å²) < 4.78 is 60.2. The van der Waals surface area contributed by atoms with E-state index in [4.69, 9.17) is 4.74 Å². The van der Waals surface area contributed by atoms with Crippen molar-refractivity contribution in [1.29, 1.82) is 0 Å². The monoisotopic (exact) mass is 538 g/mol. The van der Waals surface area contributed by atoms with Gasteiger partial charge >= 0.3 is 6.61 Å². The van der Waals surface area contributed by atoms with Gasteiger partial charge in [-0.05, 0) is 80.6 Å². The second kappa shape index (κ2) is 10.2. The number of halogens is 4. The van der Waals surface area contributed by atoms with Gasteiger partial charge in [0.2, 0.25) is 0 Å². The number of hydrogen-bond donors (Lipinski definition) is 2. The number of ether oxygens (including phenoxy) is 1. The molecule has 0 unspecified atom stereocenters. The predicted molar refractivity (Wildman–Crippen MR) is 139 cm³/mol. The van der Waals surface area contributed by atoms with E-state index in [2.05, 4.69) is 20.3 Å². The molecule has 10 heteroatoms. The number of pyridine rings is 1. The third-order valence-electron chi connectivity index (χ3n) is 6.76. The second-order valence-electron chi connectivity index (χ2n) is 9.73. The topological polar surface area (TPSA) is 79.9 Å². The smallest absolute Gasteiger partial charge is 0.387 e. The van der Waals surface area contributed by atoms with Gasteiger partial charge in [-0.1, -0.05) is 12.1 Å². The van der Waals surface area contributed by atoms with Crippen LogP contribution in [0.3, 0.4) is 0 Å². The fourth-order valence-corrected chi connectivity index (χ4v) is 4.69. The molecule has 0 spiro atoms. The molecule has 4 aromatic rings. The number of benzene rings is 2. The van der Waals surface area contributed by atoms with Crippen LogP contribution in [-0.2, 0) is 5.92 Å². The molecular weight excluding hydrogens is 512 g/mol. The first-order valence-electron chi connectivity index (χ1n) is 12.4. The summed E-state index contributed by atoms with van der Waals surface area (Å²) in [5.74, 6) is -3.85. The number of anilines is 1. The van der Waals surface area contributed by atoms with Crippen LogP contribution in [0.4, 0.5) is 23.2 Å². The van der Waals surface area contributed by atoms with Crippen LogP contribution < -0.4 is 10.1 Å². The number of H-pyrrole nitrogens is 1. The van der Waals surface area contributed by atoms with Crippen LogP contribution in [0.1, 0.15) is 45.7 Å². The van der Waals surface area contributed by atoms with E-state index in [0.29, 0.717) is 41.1 Å². The molecule has 1 aliphatic carbocycles. The number of aryl methyl sites for hydroxylation is 3. The molecular formula is C29H26F4N4O2. The Kier molecular flexibility index (Phi) is 6.88. The molecule has 2 heterocycles. The Morgan fingerprint density at radius 3 is 2.46 bits per heavy atom. The Hall–Kier alpha value is -4.21. The van der Waals surface area contributed by atoms with Crippen molar-refractivity contribution in [1.82, 2.24) is 15.0 Å². The summed E-state index contributed by atoms with van der Waals surface area (Å²) in [5, 5.41) is 2.65. The number of aromatic nitrogens is 3. The van der Waals surface area contributed by atoms with E-state index in [0.717, 1.165) is 11.1 Å². The van der Waals surface area contributed by atoms with E-state index < -0.39 is 24.4 Å². The number of carbonyl (C=O) groups excluding carboxylic acids is 1. The van der Waals surface area contributed by atoms with Gasteiger partial charge in [0.15, 0.2) is 0 Å². The van der Waals surface area contributed by atoms with Crippen LogP contribution in [0.5, 0.6) is 5.75 Å². The van der Waals surface area contributed by atoms with Gasteiger partial charge in [-0.25, -0.2) is 13.8 Å². The lowest BCUT2D eigenvalue weighted by Gasteiger charge is -2.17. The average molecular weight is 539 g/mol. The van der Waals surface area contributed by atoms with Crippen molar-refractivity contribution in [3.63, 3.8) is 0 Å². The van der Waals surface area contributed by atoms with Crippen molar-refractivity contribution < 1.29 is 27.1 Å². The van der Waals surface area contributed by atoms with E-state index in [9.17, 15) is 22.4 Å². The highest BCUT2D eigenvalue weighted by Crippen LogP contribution is 2.50. The van der Waals surface area contributed by atoms with Crippen LogP contribution >= 0.6 is 0 Å². The lowest BCUT2D eigenvalue weighted by atomic mass is 9.95. The third kappa shape index (κ3) is 5.36. The molecule has 1 fully saturated rings. The summed E-state index contributed by atoms with van der Waals surface area (Å²) in [4.78, 5) is 24.7. The number of aromatic amines is 1. The Balaban J connectivity index is 1.45. The average Bonchev–Trinajstić information content (AvgIpc) is 3.67. The molecule has 202 valence electrons. The van der Waals surface area contributed by atoms with Crippen molar-refractivity contribution in [2.45, 2.75) is 46.1 Å². The Morgan fingerprint density at radius 1 is 1.08 bits per heavy atom. The maximum atomic E-state index is 14.6. The van der Waals surface area contributed by atoms with Crippen LogP contribution in [0.25, 0.3) is 22.5 Å². The molecule has 2 N–H and O–H groups in total. The number of hydrogen-bond acceptors (Lipinski definition) is 4. The quantitative estimate of drug-likeness (QED) is 0.229. The third-order valence-corrected chi connectivity index (χ3v) is 6.76. The molecule has 1 amide bonds. The van der Waals surface area contributed by atoms with E-state index >= 15 is 0 Å². The fourth-order valence-electron chi connectivity index (χ4n) is 4.69. The van der Waals surface area contributed by atoms with Gasteiger partial charge in [0.1, 0.15) is 17.3 Å². The summed E-state index contributed by atoms with van der Waals surface area (Å²) >= 11 is 0. The maximum absolute atomic E-state index is 14.6. The minimum absolute atomic E-state index is 0.00437. The molecule has 1 saturated carbocycles. The molecule has 6 nitrogen and oxygen atoms in total. The highest BCUT2D eigenvalue weighted by Gasteiger charge is 2.48. The minimum Gasteiger partial charge on any atom is -0.434 e. The number of rotatable bonds is 8. The first-order valence-corrected chi connectivity index (χ1v) is 12.4. The largest absolute Gasteiger partial charge is 0.434 e. The summed E-state index contributed by atoms with van der Waals surface area (Å²) in [6, 6.07) is 10.3. The molecule has 2 aromatic heterocycles. The van der Waals surface area contributed by atoms with Crippen LogP contribution in [-0.4, -0.2) is 27.5 Å². The van der Waals surface area contributed by atoms with Gasteiger partial charge in [-0.15, -0.1) is 0 Å². The van der Waals surface area contributed by atoms with E-state index in [1.807, 2.05) is 13.8 Å². The number of nitrogens with zero attached hydrogens (tertiary/aromatic N) is 2. The molecule has 0 aliphatic heterocycles. The van der Waals surface area contributed by atoms with Gasteiger partial charge in [-0.3, -0.25) is 9.78 Å². The predicted octanol–water partition coefficient (Wildman–Crippen LogP) is 7.42. The zero-order chi connectivity index (χ0) is 27.9. The summed E-state index contributed by atoms with van der Waals surface area (Å²) in [6.07, 6.45) is 4.23. The van der Waals surface area contributed by atoms with E-state index in [1.165, 1.54) is 24.3 Å². The number of amides is 1. The summed E-state index contributed by atoms with van der Waals surface area (Å²) in [5.41, 5.74) is 3.85. The van der Waals surface area contributed by atoms with Crippen molar-refractivity contribution in [2.75, 3.05) is 5.32 Å².